The van der Waals surface area contributed by atoms with Gasteiger partial charge in [-0.2, -0.15) is 0 Å². The van der Waals surface area contributed by atoms with Crippen LogP contribution in [0, 0.1) is 11.3 Å². The molecule has 0 radical (unpaired) electrons. The molecule has 1 atom stereocenters. The van der Waals surface area contributed by atoms with Gasteiger partial charge in [0.2, 0.25) is 11.0 Å². The van der Waals surface area contributed by atoms with Crippen LogP contribution in [0.3, 0.4) is 0 Å². The van der Waals surface area contributed by atoms with E-state index in [-0.39, 0.29) is 24.4 Å². The maximum Gasteiger partial charge on any atom is 0.312 e. The number of nitrogens with zero attached hydrogens (tertiary/aromatic N) is 2. The Morgan fingerprint density at radius 2 is 1.90 bits per heavy atom. The van der Waals surface area contributed by atoms with E-state index in [1.54, 1.807) is 0 Å². The molecule has 2 aromatic rings. The highest BCUT2D eigenvalue weighted by Crippen LogP contribution is 2.45. The van der Waals surface area contributed by atoms with Gasteiger partial charge in [0, 0.05) is 5.92 Å². The molecule has 1 heterocycles. The minimum absolute atomic E-state index is 0.0715. The second-order valence-electron chi connectivity index (χ2n) is 8.08. The Morgan fingerprint density at radius 3 is 2.53 bits per heavy atom. The normalized spacial score (nSPS) is 16.2. The maximum absolute atomic E-state index is 13.1. The van der Waals surface area contributed by atoms with E-state index in [0.29, 0.717) is 11.6 Å². The van der Waals surface area contributed by atoms with Crippen molar-refractivity contribution in [1.82, 2.24) is 10.2 Å². The van der Waals surface area contributed by atoms with Gasteiger partial charge in [0.25, 0.3) is 0 Å². The summed E-state index contributed by atoms with van der Waals surface area (Å²) < 4.78 is 5.72. The van der Waals surface area contributed by atoms with E-state index in [9.17, 15) is 9.59 Å². The third-order valence-electron chi connectivity index (χ3n) is 5.85. The maximum atomic E-state index is 13.1. The summed E-state index contributed by atoms with van der Waals surface area (Å²) >= 11 is 1.40. The lowest BCUT2D eigenvalue weighted by molar-refractivity contribution is -0.158. The number of esters is 1. The number of benzene rings is 1. The molecule has 7 heteroatoms. The minimum atomic E-state index is -0.568. The molecule has 3 rings (SSSR count). The molecule has 6 nitrogen and oxygen atoms in total. The van der Waals surface area contributed by atoms with E-state index in [2.05, 4.69) is 22.4 Å². The van der Waals surface area contributed by atoms with Crippen molar-refractivity contribution in [2.75, 3.05) is 5.32 Å². The number of carbonyl (C=O) groups is 2. The van der Waals surface area contributed by atoms with Crippen molar-refractivity contribution in [3.05, 3.63) is 40.9 Å². The van der Waals surface area contributed by atoms with Crippen LogP contribution in [-0.4, -0.2) is 22.1 Å². The number of anilines is 1. The SMILES string of the molecule is CCC[C@H](CC1(C(=O)OCc2ccccc2)CCCC1)C(=O)Nc1nnc(CC)s1. The summed E-state index contributed by atoms with van der Waals surface area (Å²) in [4.78, 5) is 26.1. The highest BCUT2D eigenvalue weighted by Gasteiger charge is 2.45. The number of hydrogen-bond acceptors (Lipinski definition) is 6. The summed E-state index contributed by atoms with van der Waals surface area (Å²) in [5, 5.41) is 12.5. The fraction of sp³-hybridized carbons (Fsp3) is 0.565. The molecular weight excluding hydrogens is 398 g/mol. The van der Waals surface area contributed by atoms with Gasteiger partial charge < -0.3 is 10.1 Å². The van der Waals surface area contributed by atoms with Crippen molar-refractivity contribution in [3.8, 4) is 0 Å². The van der Waals surface area contributed by atoms with Crippen LogP contribution in [0.2, 0.25) is 0 Å². The molecule has 1 aliphatic rings. The summed E-state index contributed by atoms with van der Waals surface area (Å²) in [7, 11) is 0. The molecule has 162 valence electrons. The average molecular weight is 430 g/mol. The van der Waals surface area contributed by atoms with Gasteiger partial charge in [-0.3, -0.25) is 9.59 Å². The minimum Gasteiger partial charge on any atom is -0.460 e. The quantitative estimate of drug-likeness (QED) is 0.528. The number of rotatable bonds is 10. The van der Waals surface area contributed by atoms with Crippen LogP contribution >= 0.6 is 11.3 Å². The first-order valence-corrected chi connectivity index (χ1v) is 11.7. The highest BCUT2D eigenvalue weighted by atomic mass is 32.1. The fourth-order valence-corrected chi connectivity index (χ4v) is 4.90. The third kappa shape index (κ3) is 5.65. The van der Waals surface area contributed by atoms with Crippen LogP contribution in [0.25, 0.3) is 0 Å². The van der Waals surface area contributed by atoms with E-state index in [1.807, 2.05) is 37.3 Å². The number of ether oxygens (including phenoxy) is 1. The second-order valence-corrected chi connectivity index (χ2v) is 9.14. The molecule has 1 aromatic carbocycles. The van der Waals surface area contributed by atoms with Crippen LogP contribution in [0.1, 0.15) is 69.4 Å². The lowest BCUT2D eigenvalue weighted by Crippen LogP contribution is -2.36. The molecular formula is C23H31N3O3S. The Bertz CT molecular complexity index is 831. The molecule has 1 amide bonds. The molecule has 1 saturated carbocycles. The van der Waals surface area contributed by atoms with Crippen molar-refractivity contribution in [2.24, 2.45) is 11.3 Å². The van der Waals surface area contributed by atoms with Gasteiger partial charge in [0.15, 0.2) is 0 Å². The van der Waals surface area contributed by atoms with Crippen LogP contribution in [-0.2, 0) is 27.4 Å². The Morgan fingerprint density at radius 1 is 1.17 bits per heavy atom. The number of aromatic nitrogens is 2. The molecule has 0 spiro atoms. The molecule has 0 unspecified atom stereocenters. The second kappa shape index (κ2) is 10.7. The van der Waals surface area contributed by atoms with E-state index >= 15 is 0 Å². The Kier molecular flexibility index (Phi) is 7.96. The molecule has 0 saturated heterocycles. The highest BCUT2D eigenvalue weighted by molar-refractivity contribution is 7.15. The zero-order valence-electron chi connectivity index (χ0n) is 17.9. The number of nitrogens with one attached hydrogen (secondary N) is 1. The first kappa shape index (κ1) is 22.4. The molecule has 1 fully saturated rings. The summed E-state index contributed by atoms with van der Waals surface area (Å²) in [6.45, 7) is 4.35. The van der Waals surface area contributed by atoms with E-state index < -0.39 is 5.41 Å². The Labute approximate surface area is 182 Å². The topological polar surface area (TPSA) is 81.2 Å². The van der Waals surface area contributed by atoms with Crippen LogP contribution in [0.5, 0.6) is 0 Å². The van der Waals surface area contributed by atoms with Gasteiger partial charge in [-0.25, -0.2) is 0 Å². The first-order chi connectivity index (χ1) is 14.6. The number of hydrogen-bond donors (Lipinski definition) is 1. The van der Waals surface area contributed by atoms with Crippen molar-refractivity contribution in [3.63, 3.8) is 0 Å². The zero-order valence-corrected chi connectivity index (χ0v) is 18.7. The largest absolute Gasteiger partial charge is 0.460 e. The van der Waals surface area contributed by atoms with Crippen LogP contribution in [0.15, 0.2) is 30.3 Å². The lowest BCUT2D eigenvalue weighted by Gasteiger charge is -2.30. The van der Waals surface area contributed by atoms with E-state index in [0.717, 1.165) is 55.5 Å². The smallest absolute Gasteiger partial charge is 0.312 e. The van der Waals surface area contributed by atoms with E-state index in [1.165, 1.54) is 11.3 Å². The fourth-order valence-electron chi connectivity index (χ4n) is 4.22. The summed E-state index contributed by atoms with van der Waals surface area (Å²) in [6.07, 6.45) is 6.50. The number of carbonyl (C=O) groups excluding carboxylic acids is 2. The van der Waals surface area contributed by atoms with Crippen molar-refractivity contribution >= 4 is 28.3 Å². The van der Waals surface area contributed by atoms with E-state index in [4.69, 9.17) is 4.74 Å². The predicted molar refractivity (Wildman–Crippen MR) is 118 cm³/mol. The molecule has 0 aliphatic heterocycles. The van der Waals surface area contributed by atoms with Crippen LogP contribution < -0.4 is 5.32 Å². The molecule has 1 N–H and O–H groups in total. The van der Waals surface area contributed by atoms with Crippen molar-refractivity contribution in [1.29, 1.82) is 0 Å². The summed E-state index contributed by atoms with van der Waals surface area (Å²) in [5.41, 5.74) is 0.409. The predicted octanol–water partition coefficient (Wildman–Crippen LogP) is 5.15. The Hall–Kier alpha value is -2.28. The van der Waals surface area contributed by atoms with Gasteiger partial charge >= 0.3 is 5.97 Å². The number of aryl methyl sites for hydroxylation is 1. The average Bonchev–Trinajstić information content (AvgIpc) is 3.42. The van der Waals surface area contributed by atoms with Crippen molar-refractivity contribution < 1.29 is 14.3 Å². The molecule has 30 heavy (non-hydrogen) atoms. The van der Waals surface area contributed by atoms with Gasteiger partial charge in [-0.05, 0) is 37.7 Å². The molecule has 1 aliphatic carbocycles. The summed E-state index contributed by atoms with van der Waals surface area (Å²) in [6, 6.07) is 9.73. The first-order valence-electron chi connectivity index (χ1n) is 10.9. The van der Waals surface area contributed by atoms with Gasteiger partial charge in [-0.1, -0.05) is 74.8 Å². The van der Waals surface area contributed by atoms with Crippen LogP contribution in [0.4, 0.5) is 5.13 Å². The Balaban J connectivity index is 1.67. The van der Waals surface area contributed by atoms with Gasteiger partial charge in [-0.15, -0.1) is 10.2 Å². The standard InChI is InChI=1S/C23H31N3O3S/c1-3-10-18(20(27)24-22-26-25-19(4-2)30-22)15-23(13-8-9-14-23)21(28)29-16-17-11-6-5-7-12-17/h5-7,11-12,18H,3-4,8-10,13-16H2,1-2H3,(H,24,26,27)/t18-/m1/s1. The van der Waals surface area contributed by atoms with Gasteiger partial charge in [0.05, 0.1) is 5.41 Å². The third-order valence-corrected chi connectivity index (χ3v) is 6.83. The summed E-state index contributed by atoms with van der Waals surface area (Å²) in [5.74, 6) is -0.480. The lowest BCUT2D eigenvalue weighted by atomic mass is 9.76. The molecule has 0 bridgehead atoms. The van der Waals surface area contributed by atoms with Crippen molar-refractivity contribution in [2.45, 2.75) is 71.8 Å². The number of amides is 1. The monoisotopic (exact) mass is 429 g/mol. The van der Waals surface area contributed by atoms with Gasteiger partial charge in [0.1, 0.15) is 11.6 Å². The molecule has 1 aromatic heterocycles. The zero-order chi connectivity index (χ0) is 21.4.